The first kappa shape index (κ1) is 54.9. The Kier molecular flexibility index (Phi) is 31.3. The van der Waals surface area contributed by atoms with Gasteiger partial charge in [0, 0.05) is 6.42 Å². The lowest BCUT2D eigenvalue weighted by Crippen LogP contribution is -2.65. The van der Waals surface area contributed by atoms with Gasteiger partial charge in [0.05, 0.1) is 32.0 Å². The van der Waals surface area contributed by atoms with Crippen LogP contribution in [0.4, 0.5) is 0 Å². The van der Waals surface area contributed by atoms with Crippen LogP contribution in [0.15, 0.2) is 12.2 Å². The van der Waals surface area contributed by atoms with E-state index in [9.17, 15) is 45.6 Å². The van der Waals surface area contributed by atoms with Crippen LogP contribution in [0.1, 0.15) is 181 Å². The summed E-state index contributed by atoms with van der Waals surface area (Å²) in [6, 6.07) is -0.827. The minimum absolute atomic E-state index is 0.218. The maximum Gasteiger partial charge on any atom is 0.220 e. The Balaban J connectivity index is 1.86. The Morgan fingerprint density at radius 2 is 1.07 bits per heavy atom. The van der Waals surface area contributed by atoms with Crippen LogP contribution in [0.5, 0.6) is 0 Å². The van der Waals surface area contributed by atoms with Gasteiger partial charge in [-0.05, 0) is 32.1 Å². The minimum Gasteiger partial charge on any atom is -0.394 e. The highest BCUT2D eigenvalue weighted by Gasteiger charge is 2.51. The lowest BCUT2D eigenvalue weighted by molar-refractivity contribution is -0.359. The van der Waals surface area contributed by atoms with Crippen LogP contribution in [0.2, 0.25) is 0 Å². The molecule has 9 N–H and O–H groups in total. The number of amides is 1. The van der Waals surface area contributed by atoms with Gasteiger partial charge >= 0.3 is 0 Å². The third-order valence-corrected chi connectivity index (χ3v) is 12.0. The molecule has 12 atom stereocenters. The highest BCUT2D eigenvalue weighted by atomic mass is 16.7. The number of rotatable bonds is 36. The molecular weight excluding hydrogens is 774 g/mol. The van der Waals surface area contributed by atoms with Crippen LogP contribution in [-0.4, -0.2) is 140 Å². The molecule has 12 unspecified atom stereocenters. The summed E-state index contributed by atoms with van der Waals surface area (Å²) in [5.74, 6) is -0.218. The minimum atomic E-state index is -1.78. The number of nitrogens with one attached hydrogen (secondary N) is 1. The summed E-state index contributed by atoms with van der Waals surface area (Å²) in [5, 5.41) is 86.7. The van der Waals surface area contributed by atoms with Gasteiger partial charge < -0.3 is 65.1 Å². The van der Waals surface area contributed by atoms with Gasteiger partial charge in [0.1, 0.15) is 48.8 Å². The van der Waals surface area contributed by atoms with E-state index in [4.69, 9.17) is 18.9 Å². The molecule has 14 nitrogen and oxygen atoms in total. The second-order valence-electron chi connectivity index (χ2n) is 17.2. The number of allylic oxidation sites excluding steroid dienone is 2. The van der Waals surface area contributed by atoms with E-state index in [0.717, 1.165) is 64.2 Å². The molecule has 2 fully saturated rings. The number of hydrogen-bond acceptors (Lipinski definition) is 13. The van der Waals surface area contributed by atoms with Gasteiger partial charge in [-0.2, -0.15) is 0 Å². The second-order valence-corrected chi connectivity index (χ2v) is 17.2. The summed E-state index contributed by atoms with van der Waals surface area (Å²) in [5.41, 5.74) is 0. The average molecular weight is 862 g/mol. The monoisotopic (exact) mass is 862 g/mol. The van der Waals surface area contributed by atoms with Crippen LogP contribution in [0.3, 0.4) is 0 Å². The van der Waals surface area contributed by atoms with E-state index in [2.05, 4.69) is 31.3 Å². The van der Waals surface area contributed by atoms with Gasteiger partial charge in [-0.1, -0.05) is 154 Å². The Bertz CT molecular complexity index is 1070. The molecule has 0 aromatic carbocycles. The summed E-state index contributed by atoms with van der Waals surface area (Å²) >= 11 is 0. The van der Waals surface area contributed by atoms with Crippen molar-refractivity contribution in [2.75, 3.05) is 19.8 Å². The Morgan fingerprint density at radius 1 is 0.583 bits per heavy atom. The van der Waals surface area contributed by atoms with Crippen molar-refractivity contribution < 1.29 is 64.6 Å². The quantitative estimate of drug-likeness (QED) is 0.0292. The van der Waals surface area contributed by atoms with Gasteiger partial charge in [0.15, 0.2) is 12.6 Å². The van der Waals surface area contributed by atoms with Gasteiger partial charge in [-0.3, -0.25) is 4.79 Å². The van der Waals surface area contributed by atoms with Crippen molar-refractivity contribution in [2.45, 2.75) is 254 Å². The molecule has 2 saturated heterocycles. The molecule has 60 heavy (non-hydrogen) atoms. The first-order valence-electron chi connectivity index (χ1n) is 23.9. The largest absolute Gasteiger partial charge is 0.394 e. The molecule has 0 spiro atoms. The topological polar surface area (TPSA) is 228 Å². The summed E-state index contributed by atoms with van der Waals surface area (Å²) in [6.45, 7) is 2.79. The summed E-state index contributed by atoms with van der Waals surface area (Å²) in [4.78, 5) is 13.1. The van der Waals surface area contributed by atoms with E-state index in [0.29, 0.717) is 19.3 Å². The fourth-order valence-corrected chi connectivity index (χ4v) is 7.98. The first-order valence-corrected chi connectivity index (χ1v) is 23.9. The molecular formula is C46H87NO13. The molecule has 0 aromatic heterocycles. The normalized spacial score (nSPS) is 28.3. The molecule has 2 aliphatic heterocycles. The lowest BCUT2D eigenvalue weighted by Gasteiger charge is -2.46. The van der Waals surface area contributed by atoms with Crippen molar-refractivity contribution in [2.24, 2.45) is 0 Å². The van der Waals surface area contributed by atoms with Gasteiger partial charge in [0.2, 0.25) is 5.91 Å². The zero-order valence-electron chi connectivity index (χ0n) is 37.2. The summed E-state index contributed by atoms with van der Waals surface area (Å²) in [6.07, 6.45) is 16.5. The number of unbranched alkanes of at least 4 members (excludes halogenated alkanes) is 21. The van der Waals surface area contributed by atoms with Crippen molar-refractivity contribution in [3.05, 3.63) is 12.2 Å². The highest BCUT2D eigenvalue weighted by molar-refractivity contribution is 5.76. The molecule has 0 aliphatic carbocycles. The molecule has 2 aliphatic rings. The van der Waals surface area contributed by atoms with E-state index in [1.165, 1.54) is 83.5 Å². The van der Waals surface area contributed by atoms with Crippen molar-refractivity contribution >= 4 is 5.91 Å². The van der Waals surface area contributed by atoms with Crippen LogP contribution in [-0.2, 0) is 23.7 Å². The lowest BCUT2D eigenvalue weighted by atomic mass is 9.97. The maximum absolute atomic E-state index is 13.1. The van der Waals surface area contributed by atoms with Gasteiger partial charge in [-0.15, -0.1) is 0 Å². The van der Waals surface area contributed by atoms with Crippen LogP contribution in [0, 0.1) is 0 Å². The molecule has 0 bridgehead atoms. The van der Waals surface area contributed by atoms with Crippen molar-refractivity contribution in [3.8, 4) is 0 Å². The molecule has 0 saturated carbocycles. The smallest absolute Gasteiger partial charge is 0.220 e. The fourth-order valence-electron chi connectivity index (χ4n) is 7.98. The van der Waals surface area contributed by atoms with E-state index in [1.807, 2.05) is 0 Å². The number of carbonyl (C=O) groups excluding carboxylic acids is 1. The molecule has 2 rings (SSSR count). The van der Waals surface area contributed by atoms with E-state index >= 15 is 0 Å². The number of aliphatic hydroxyl groups is 8. The van der Waals surface area contributed by atoms with Gasteiger partial charge in [-0.25, -0.2) is 0 Å². The fraction of sp³-hybridized carbons (Fsp3) is 0.935. The Labute approximate surface area is 361 Å². The van der Waals surface area contributed by atoms with E-state index in [1.54, 1.807) is 0 Å². The van der Waals surface area contributed by atoms with E-state index in [-0.39, 0.29) is 12.5 Å². The maximum atomic E-state index is 13.1. The zero-order chi connectivity index (χ0) is 44.0. The molecule has 0 radical (unpaired) electrons. The molecule has 14 heteroatoms. The summed E-state index contributed by atoms with van der Waals surface area (Å²) < 4.78 is 22.7. The number of aliphatic hydroxyl groups excluding tert-OH is 8. The van der Waals surface area contributed by atoms with Crippen LogP contribution >= 0.6 is 0 Å². The highest BCUT2D eigenvalue weighted by Crippen LogP contribution is 2.30. The zero-order valence-corrected chi connectivity index (χ0v) is 37.2. The van der Waals surface area contributed by atoms with Crippen LogP contribution in [0.25, 0.3) is 0 Å². The number of ether oxygens (including phenoxy) is 4. The van der Waals surface area contributed by atoms with Crippen molar-refractivity contribution in [1.82, 2.24) is 5.32 Å². The van der Waals surface area contributed by atoms with Gasteiger partial charge in [0.25, 0.3) is 0 Å². The Morgan fingerprint density at radius 3 is 1.63 bits per heavy atom. The predicted molar refractivity (Wildman–Crippen MR) is 231 cm³/mol. The standard InChI is InChI=1S/C46H87NO13/c1-3-5-7-9-11-13-15-16-17-18-20-21-23-25-27-29-35(50)34(47-38(51)30-28-26-24-22-19-14-12-10-8-6-4-2)33-57-45-43(56)41(54)44(37(32-49)59-45)60-46-42(55)40(53)39(52)36(31-48)58-46/h10,12,34-37,39-46,48-50,52-56H,3-9,11,13-33H2,1-2H3,(H,47,51)/b12-10-. The molecule has 2 heterocycles. The van der Waals surface area contributed by atoms with Crippen molar-refractivity contribution in [1.29, 1.82) is 0 Å². The predicted octanol–water partition coefficient (Wildman–Crippen LogP) is 5.21. The molecule has 0 aromatic rings. The first-order chi connectivity index (χ1) is 29.1. The Hall–Kier alpha value is -1.27. The molecule has 354 valence electrons. The SMILES string of the molecule is CCCC/C=C\CCCCCCCC(=O)NC(COC1OC(CO)C(OC2OC(CO)C(O)C(O)C2O)C(O)C1O)C(O)CCCCCCCCCCCCCCCCC. The van der Waals surface area contributed by atoms with Crippen molar-refractivity contribution in [3.63, 3.8) is 0 Å². The number of hydrogen-bond donors (Lipinski definition) is 9. The average Bonchev–Trinajstić information content (AvgIpc) is 3.24. The second kappa shape index (κ2) is 34.2. The third kappa shape index (κ3) is 21.9. The van der Waals surface area contributed by atoms with Crippen LogP contribution < -0.4 is 5.32 Å². The third-order valence-electron chi connectivity index (χ3n) is 12.0. The van der Waals surface area contributed by atoms with E-state index < -0.39 is 86.8 Å². The number of carbonyl (C=O) groups is 1. The summed E-state index contributed by atoms with van der Waals surface area (Å²) in [7, 11) is 0. The molecule has 1 amide bonds.